The lowest BCUT2D eigenvalue weighted by atomic mass is 9.93. The van der Waals surface area contributed by atoms with Crippen LogP contribution < -0.4 is 10.2 Å². The second-order valence-corrected chi connectivity index (χ2v) is 6.43. The Hall–Kier alpha value is -2.07. The molecule has 0 saturated heterocycles. The van der Waals surface area contributed by atoms with Gasteiger partial charge < -0.3 is 10.2 Å². The Kier molecular flexibility index (Phi) is 4.53. The highest BCUT2D eigenvalue weighted by atomic mass is 15.3. The van der Waals surface area contributed by atoms with Crippen LogP contribution in [0.2, 0.25) is 0 Å². The number of allylic oxidation sites excluding steroid dienone is 1. The van der Waals surface area contributed by atoms with E-state index in [0.29, 0.717) is 6.04 Å². The normalized spacial score (nSPS) is 17.2. The van der Waals surface area contributed by atoms with Gasteiger partial charge in [0, 0.05) is 35.7 Å². The summed E-state index contributed by atoms with van der Waals surface area (Å²) in [6, 6.07) is 7.28. The van der Waals surface area contributed by atoms with Gasteiger partial charge >= 0.3 is 0 Å². The first-order valence-corrected chi connectivity index (χ1v) is 8.35. The van der Waals surface area contributed by atoms with E-state index in [9.17, 15) is 0 Å². The maximum absolute atomic E-state index is 4.45. The predicted molar refractivity (Wildman–Crippen MR) is 96.7 cm³/mol. The lowest BCUT2D eigenvalue weighted by Gasteiger charge is -2.37. The van der Waals surface area contributed by atoms with E-state index < -0.39 is 0 Å². The van der Waals surface area contributed by atoms with E-state index in [4.69, 9.17) is 0 Å². The van der Waals surface area contributed by atoms with Crippen molar-refractivity contribution in [2.24, 2.45) is 0 Å². The van der Waals surface area contributed by atoms with Crippen molar-refractivity contribution in [1.82, 2.24) is 15.1 Å². The standard InChI is InChI=1S/C19H26N4/c1-14(2)23-15(3)5-6-17-11-16(7-8-19(17)23)18-12-21-22(13-18)10-9-20-4/h7-8,11-13,15,20H,1,5-6,9-10H2,2-4H3/t15-/m0/s1. The van der Waals surface area contributed by atoms with Crippen molar-refractivity contribution in [3.63, 3.8) is 0 Å². The summed E-state index contributed by atoms with van der Waals surface area (Å²) in [7, 11) is 1.96. The van der Waals surface area contributed by atoms with E-state index >= 15 is 0 Å². The summed E-state index contributed by atoms with van der Waals surface area (Å²) in [5, 5.41) is 7.60. The fraction of sp³-hybridized carbons (Fsp3) is 0.421. The van der Waals surface area contributed by atoms with Gasteiger partial charge in [-0.15, -0.1) is 0 Å². The number of aryl methyl sites for hydroxylation is 1. The van der Waals surface area contributed by atoms with E-state index in [1.165, 1.54) is 28.8 Å². The number of rotatable bonds is 5. The molecule has 1 aliphatic rings. The van der Waals surface area contributed by atoms with Gasteiger partial charge in [-0.3, -0.25) is 4.68 Å². The van der Waals surface area contributed by atoms with Crippen LogP contribution in [-0.2, 0) is 13.0 Å². The Labute approximate surface area is 138 Å². The van der Waals surface area contributed by atoms with E-state index in [1.807, 2.05) is 17.9 Å². The summed E-state index contributed by atoms with van der Waals surface area (Å²) in [4.78, 5) is 2.36. The van der Waals surface area contributed by atoms with Gasteiger partial charge in [-0.05, 0) is 57.0 Å². The summed E-state index contributed by atoms with van der Waals surface area (Å²) in [5.74, 6) is 0. The molecule has 1 aliphatic heterocycles. The molecule has 0 radical (unpaired) electrons. The van der Waals surface area contributed by atoms with Crippen LogP contribution in [0.4, 0.5) is 5.69 Å². The summed E-state index contributed by atoms with van der Waals surface area (Å²) >= 11 is 0. The van der Waals surface area contributed by atoms with Crippen molar-refractivity contribution in [2.75, 3.05) is 18.5 Å². The van der Waals surface area contributed by atoms with Crippen LogP contribution in [0.5, 0.6) is 0 Å². The number of benzene rings is 1. The average molecular weight is 310 g/mol. The monoisotopic (exact) mass is 310 g/mol. The van der Waals surface area contributed by atoms with Gasteiger partial charge in [-0.25, -0.2) is 0 Å². The second kappa shape index (κ2) is 6.59. The zero-order valence-corrected chi connectivity index (χ0v) is 14.3. The molecule has 0 spiro atoms. The van der Waals surface area contributed by atoms with Crippen LogP contribution in [-0.4, -0.2) is 29.4 Å². The van der Waals surface area contributed by atoms with Crippen LogP contribution in [0.1, 0.15) is 25.8 Å². The molecule has 1 aromatic heterocycles. The lowest BCUT2D eigenvalue weighted by Crippen LogP contribution is -2.35. The quantitative estimate of drug-likeness (QED) is 0.918. The minimum Gasteiger partial charge on any atom is -0.343 e. The maximum Gasteiger partial charge on any atom is 0.0568 e. The van der Waals surface area contributed by atoms with Crippen LogP contribution in [0.15, 0.2) is 42.9 Å². The third kappa shape index (κ3) is 3.17. The zero-order chi connectivity index (χ0) is 16.4. The molecule has 0 unspecified atom stereocenters. The molecule has 2 heterocycles. The number of nitrogens with one attached hydrogen (secondary N) is 1. The molecule has 4 heteroatoms. The first kappa shape index (κ1) is 15.8. The molecule has 0 amide bonds. The molecule has 1 N–H and O–H groups in total. The fourth-order valence-electron chi connectivity index (χ4n) is 3.37. The molecule has 23 heavy (non-hydrogen) atoms. The number of hydrogen-bond acceptors (Lipinski definition) is 3. The molecule has 3 rings (SSSR count). The number of nitrogens with zero attached hydrogens (tertiary/aromatic N) is 3. The SMILES string of the molecule is C=C(C)N1c2ccc(-c3cnn(CCNC)c3)cc2CC[C@@H]1C. The van der Waals surface area contributed by atoms with Crippen molar-refractivity contribution in [1.29, 1.82) is 0 Å². The van der Waals surface area contributed by atoms with Crippen molar-refractivity contribution in [2.45, 2.75) is 39.3 Å². The van der Waals surface area contributed by atoms with Crippen LogP contribution in [0.3, 0.4) is 0 Å². The Morgan fingerprint density at radius 3 is 2.96 bits per heavy atom. The number of likely N-dealkylation sites (N-methyl/N-ethyl adjacent to an activating group) is 1. The predicted octanol–water partition coefficient (Wildman–Crippen LogP) is 3.44. The van der Waals surface area contributed by atoms with E-state index in [2.05, 4.69) is 60.1 Å². The Balaban J connectivity index is 1.89. The van der Waals surface area contributed by atoms with Crippen molar-refractivity contribution in [3.8, 4) is 11.1 Å². The summed E-state index contributed by atoms with van der Waals surface area (Å²) in [5.41, 5.74) is 6.26. The maximum atomic E-state index is 4.45. The summed E-state index contributed by atoms with van der Waals surface area (Å²) in [6.07, 6.45) is 6.38. The second-order valence-electron chi connectivity index (χ2n) is 6.43. The topological polar surface area (TPSA) is 33.1 Å². The first-order chi connectivity index (χ1) is 11.1. The molecule has 0 bridgehead atoms. The van der Waals surface area contributed by atoms with E-state index in [0.717, 1.165) is 25.2 Å². The van der Waals surface area contributed by atoms with Crippen molar-refractivity contribution in [3.05, 3.63) is 48.4 Å². The zero-order valence-electron chi connectivity index (χ0n) is 14.3. The molecular weight excluding hydrogens is 284 g/mol. The van der Waals surface area contributed by atoms with Gasteiger partial charge in [0.15, 0.2) is 0 Å². The minimum atomic E-state index is 0.523. The Morgan fingerprint density at radius 1 is 1.39 bits per heavy atom. The summed E-state index contributed by atoms with van der Waals surface area (Å²) in [6.45, 7) is 10.3. The number of aromatic nitrogens is 2. The highest BCUT2D eigenvalue weighted by Gasteiger charge is 2.23. The van der Waals surface area contributed by atoms with Gasteiger partial charge in [0.05, 0.1) is 12.7 Å². The third-order valence-corrected chi connectivity index (χ3v) is 4.58. The molecule has 0 aliphatic carbocycles. The third-order valence-electron chi connectivity index (χ3n) is 4.58. The van der Waals surface area contributed by atoms with Gasteiger partial charge in [-0.1, -0.05) is 12.6 Å². The molecule has 4 nitrogen and oxygen atoms in total. The highest BCUT2D eigenvalue weighted by Crippen LogP contribution is 2.35. The van der Waals surface area contributed by atoms with Gasteiger partial charge in [-0.2, -0.15) is 5.10 Å². The molecule has 2 aromatic rings. The van der Waals surface area contributed by atoms with Gasteiger partial charge in [0.2, 0.25) is 0 Å². The van der Waals surface area contributed by atoms with Crippen LogP contribution in [0, 0.1) is 0 Å². The van der Waals surface area contributed by atoms with Crippen LogP contribution >= 0.6 is 0 Å². The molecule has 0 fully saturated rings. The van der Waals surface area contributed by atoms with E-state index in [-0.39, 0.29) is 0 Å². The average Bonchev–Trinajstić information content (AvgIpc) is 3.00. The molecule has 122 valence electrons. The summed E-state index contributed by atoms with van der Waals surface area (Å²) < 4.78 is 1.99. The molecular formula is C19H26N4. The molecule has 1 aromatic carbocycles. The largest absolute Gasteiger partial charge is 0.343 e. The Morgan fingerprint density at radius 2 is 2.22 bits per heavy atom. The number of anilines is 1. The van der Waals surface area contributed by atoms with Crippen molar-refractivity contribution >= 4 is 5.69 Å². The number of fused-ring (bicyclic) bond motifs is 1. The van der Waals surface area contributed by atoms with Gasteiger partial charge in [0.25, 0.3) is 0 Å². The minimum absolute atomic E-state index is 0.523. The lowest BCUT2D eigenvalue weighted by molar-refractivity contribution is 0.585. The van der Waals surface area contributed by atoms with Crippen LogP contribution in [0.25, 0.3) is 11.1 Å². The highest BCUT2D eigenvalue weighted by molar-refractivity contribution is 5.70. The fourth-order valence-corrected chi connectivity index (χ4v) is 3.37. The molecule has 1 atom stereocenters. The van der Waals surface area contributed by atoms with E-state index in [1.54, 1.807) is 0 Å². The Bertz CT molecular complexity index is 701. The number of hydrogen-bond donors (Lipinski definition) is 1. The smallest absolute Gasteiger partial charge is 0.0568 e. The molecule has 0 saturated carbocycles. The van der Waals surface area contributed by atoms with Gasteiger partial charge in [0.1, 0.15) is 0 Å². The first-order valence-electron chi connectivity index (χ1n) is 8.35. The van der Waals surface area contributed by atoms with Crippen molar-refractivity contribution < 1.29 is 0 Å².